The molecule has 1 saturated heterocycles. The number of hydrogen-bond acceptors (Lipinski definition) is 4. The van der Waals surface area contributed by atoms with Crippen LogP contribution in [0.2, 0.25) is 0 Å². The maximum Gasteiger partial charge on any atom is 0.319 e. The van der Waals surface area contributed by atoms with Gasteiger partial charge < -0.3 is 15.4 Å². The molecule has 0 bridgehead atoms. The molecule has 2 amide bonds. The van der Waals surface area contributed by atoms with Gasteiger partial charge >= 0.3 is 6.03 Å². The molecule has 6 nitrogen and oxygen atoms in total. The molecule has 23 heavy (non-hydrogen) atoms. The molecule has 1 aliphatic heterocycles. The Kier molecular flexibility index (Phi) is 5.59. The minimum Gasteiger partial charge on any atom is -0.373 e. The Hall–Kier alpha value is -1.66. The number of anilines is 1. The summed E-state index contributed by atoms with van der Waals surface area (Å²) in [5.74, 6) is 0. The summed E-state index contributed by atoms with van der Waals surface area (Å²) < 4.78 is 5.69. The van der Waals surface area contributed by atoms with Gasteiger partial charge in [-0.15, -0.1) is 0 Å². The molecule has 1 aromatic heterocycles. The first kappa shape index (κ1) is 17.7. The molecule has 0 aliphatic carbocycles. The highest BCUT2D eigenvalue weighted by atomic mass is 16.5. The monoisotopic (exact) mass is 320 g/mol. The van der Waals surface area contributed by atoms with Crippen LogP contribution in [0.15, 0.2) is 6.07 Å². The maximum absolute atomic E-state index is 12.1. The van der Waals surface area contributed by atoms with E-state index in [1.165, 1.54) is 0 Å². The van der Waals surface area contributed by atoms with E-state index in [0.29, 0.717) is 6.54 Å². The molecule has 0 atom stereocenters. The molecule has 1 aromatic rings. The fourth-order valence-corrected chi connectivity index (χ4v) is 3.00. The van der Waals surface area contributed by atoms with E-state index in [9.17, 15) is 4.79 Å². The third kappa shape index (κ3) is 5.18. The molecule has 0 aromatic carbocycles. The van der Waals surface area contributed by atoms with Crippen molar-refractivity contribution in [2.75, 3.05) is 38.1 Å². The van der Waals surface area contributed by atoms with Crippen LogP contribution < -0.4 is 10.6 Å². The summed E-state index contributed by atoms with van der Waals surface area (Å²) in [6.45, 7) is 14.0. The number of pyridine rings is 1. The van der Waals surface area contributed by atoms with Crippen molar-refractivity contribution in [1.82, 2.24) is 15.2 Å². The molecule has 1 aliphatic rings. The van der Waals surface area contributed by atoms with Crippen LogP contribution in [0.5, 0.6) is 0 Å². The lowest BCUT2D eigenvalue weighted by molar-refractivity contribution is -0.0852. The van der Waals surface area contributed by atoms with Gasteiger partial charge in [0.1, 0.15) is 0 Å². The second-order valence-electron chi connectivity index (χ2n) is 6.81. The molecular weight excluding hydrogens is 292 g/mol. The Morgan fingerprint density at radius 2 is 2.13 bits per heavy atom. The third-order valence-corrected chi connectivity index (χ3v) is 3.98. The molecule has 6 heteroatoms. The van der Waals surface area contributed by atoms with Crippen molar-refractivity contribution in [2.45, 2.75) is 40.2 Å². The second kappa shape index (κ2) is 7.27. The lowest BCUT2D eigenvalue weighted by Crippen LogP contribution is -2.50. The van der Waals surface area contributed by atoms with Gasteiger partial charge in [-0.1, -0.05) is 0 Å². The highest BCUT2D eigenvalue weighted by Crippen LogP contribution is 2.19. The van der Waals surface area contributed by atoms with Crippen molar-refractivity contribution in [3.05, 3.63) is 23.0 Å². The van der Waals surface area contributed by atoms with E-state index in [1.54, 1.807) is 0 Å². The number of aryl methyl sites for hydroxylation is 3. The Bertz CT molecular complexity index is 549. The molecule has 0 radical (unpaired) electrons. The standard InChI is InChI=1S/C17H28N4O2/c1-12-10-13(2)19-14(3)15(12)20-16(22)18-6-7-21-8-9-23-17(4,5)11-21/h10H,6-9,11H2,1-5H3,(H2,18,20,22). The van der Waals surface area contributed by atoms with E-state index < -0.39 is 0 Å². The Labute approximate surface area is 138 Å². The van der Waals surface area contributed by atoms with Gasteiger partial charge in [0.2, 0.25) is 0 Å². The number of carbonyl (C=O) groups excluding carboxylic acids is 1. The first-order chi connectivity index (χ1) is 10.8. The third-order valence-electron chi connectivity index (χ3n) is 3.98. The number of nitrogens with zero attached hydrogens (tertiary/aromatic N) is 2. The van der Waals surface area contributed by atoms with E-state index in [2.05, 4.69) is 34.4 Å². The number of ether oxygens (including phenoxy) is 1. The zero-order valence-electron chi connectivity index (χ0n) is 14.8. The SMILES string of the molecule is Cc1cc(C)c(NC(=O)NCCN2CCOC(C)(C)C2)c(C)n1. The van der Waals surface area contributed by atoms with Crippen molar-refractivity contribution in [3.8, 4) is 0 Å². The van der Waals surface area contributed by atoms with Crippen molar-refractivity contribution < 1.29 is 9.53 Å². The van der Waals surface area contributed by atoms with Gasteiger partial charge in [-0.25, -0.2) is 4.79 Å². The first-order valence-electron chi connectivity index (χ1n) is 8.13. The summed E-state index contributed by atoms with van der Waals surface area (Å²) >= 11 is 0. The maximum atomic E-state index is 12.1. The van der Waals surface area contributed by atoms with Crippen LogP contribution in [0.4, 0.5) is 10.5 Å². The number of hydrogen-bond donors (Lipinski definition) is 2. The fourth-order valence-electron chi connectivity index (χ4n) is 3.00. The molecule has 2 N–H and O–H groups in total. The van der Waals surface area contributed by atoms with Gasteiger partial charge in [0.05, 0.1) is 23.6 Å². The largest absolute Gasteiger partial charge is 0.373 e. The predicted molar refractivity (Wildman–Crippen MR) is 91.9 cm³/mol. The molecule has 1 fully saturated rings. The second-order valence-corrected chi connectivity index (χ2v) is 6.81. The minimum absolute atomic E-state index is 0.109. The molecule has 128 valence electrons. The molecular formula is C17H28N4O2. The summed E-state index contributed by atoms with van der Waals surface area (Å²) in [7, 11) is 0. The minimum atomic E-state index is -0.186. The summed E-state index contributed by atoms with van der Waals surface area (Å²) in [5, 5.41) is 5.82. The zero-order chi connectivity index (χ0) is 17.0. The quantitative estimate of drug-likeness (QED) is 0.893. The van der Waals surface area contributed by atoms with Gasteiger partial charge in [0.25, 0.3) is 0 Å². The van der Waals surface area contributed by atoms with E-state index in [-0.39, 0.29) is 11.6 Å². The number of morpholine rings is 1. The smallest absolute Gasteiger partial charge is 0.319 e. The number of carbonyl (C=O) groups is 1. The summed E-state index contributed by atoms with van der Waals surface area (Å²) in [4.78, 5) is 18.8. The van der Waals surface area contributed by atoms with Crippen molar-refractivity contribution in [1.29, 1.82) is 0 Å². The van der Waals surface area contributed by atoms with Gasteiger partial charge in [0, 0.05) is 31.9 Å². The summed E-state index contributed by atoms with van der Waals surface area (Å²) in [6.07, 6.45) is 0. The Morgan fingerprint density at radius 3 is 2.78 bits per heavy atom. The molecule has 2 heterocycles. The van der Waals surface area contributed by atoms with Gasteiger partial charge in [-0.05, 0) is 46.2 Å². The normalized spacial score (nSPS) is 17.8. The van der Waals surface area contributed by atoms with Crippen LogP contribution in [-0.4, -0.2) is 54.3 Å². The zero-order valence-corrected chi connectivity index (χ0v) is 14.8. The van der Waals surface area contributed by atoms with E-state index in [1.807, 2.05) is 26.8 Å². The molecule has 0 unspecified atom stereocenters. The van der Waals surface area contributed by atoms with Crippen LogP contribution in [0.1, 0.15) is 30.8 Å². The lowest BCUT2D eigenvalue weighted by Gasteiger charge is -2.38. The average Bonchev–Trinajstić information content (AvgIpc) is 2.42. The predicted octanol–water partition coefficient (Wildman–Crippen LogP) is 2.24. The number of amides is 2. The van der Waals surface area contributed by atoms with E-state index in [0.717, 1.165) is 48.9 Å². The number of nitrogens with one attached hydrogen (secondary N) is 2. The summed E-state index contributed by atoms with van der Waals surface area (Å²) in [5.41, 5.74) is 3.51. The highest BCUT2D eigenvalue weighted by molar-refractivity contribution is 5.90. The van der Waals surface area contributed by atoms with Gasteiger partial charge in [0.15, 0.2) is 0 Å². The van der Waals surface area contributed by atoms with Crippen LogP contribution >= 0.6 is 0 Å². The van der Waals surface area contributed by atoms with E-state index >= 15 is 0 Å². The topological polar surface area (TPSA) is 66.5 Å². The lowest BCUT2D eigenvalue weighted by atomic mass is 10.1. The fraction of sp³-hybridized carbons (Fsp3) is 0.647. The Balaban J connectivity index is 1.80. The summed E-state index contributed by atoms with van der Waals surface area (Å²) in [6, 6.07) is 1.78. The number of urea groups is 1. The van der Waals surface area contributed by atoms with Crippen LogP contribution in [0.25, 0.3) is 0 Å². The number of rotatable bonds is 4. The van der Waals surface area contributed by atoms with Crippen molar-refractivity contribution in [2.24, 2.45) is 0 Å². The molecule has 0 saturated carbocycles. The Morgan fingerprint density at radius 1 is 1.39 bits per heavy atom. The van der Waals surface area contributed by atoms with E-state index in [4.69, 9.17) is 4.74 Å². The van der Waals surface area contributed by atoms with Gasteiger partial charge in [-0.2, -0.15) is 0 Å². The molecule has 0 spiro atoms. The number of aromatic nitrogens is 1. The van der Waals surface area contributed by atoms with Crippen LogP contribution in [0, 0.1) is 20.8 Å². The van der Waals surface area contributed by atoms with Crippen LogP contribution in [-0.2, 0) is 4.74 Å². The first-order valence-corrected chi connectivity index (χ1v) is 8.13. The van der Waals surface area contributed by atoms with Crippen molar-refractivity contribution in [3.63, 3.8) is 0 Å². The van der Waals surface area contributed by atoms with Gasteiger partial charge in [-0.3, -0.25) is 9.88 Å². The van der Waals surface area contributed by atoms with Crippen LogP contribution in [0.3, 0.4) is 0 Å². The van der Waals surface area contributed by atoms with Crippen molar-refractivity contribution >= 4 is 11.7 Å². The highest BCUT2D eigenvalue weighted by Gasteiger charge is 2.26. The molecule has 2 rings (SSSR count). The average molecular weight is 320 g/mol.